The second-order valence-corrected chi connectivity index (χ2v) is 7.57. The molecule has 0 radical (unpaired) electrons. The molecule has 0 aliphatic heterocycles. The minimum absolute atomic E-state index is 0.0846. The van der Waals surface area contributed by atoms with Gasteiger partial charge in [0.25, 0.3) is 0 Å². The van der Waals surface area contributed by atoms with Crippen LogP contribution in [0, 0.1) is 0 Å². The topological polar surface area (TPSA) is 79.8 Å². The van der Waals surface area contributed by atoms with Gasteiger partial charge in [0.2, 0.25) is 5.91 Å². The van der Waals surface area contributed by atoms with Crippen LogP contribution in [0.4, 0.5) is 5.69 Å². The monoisotopic (exact) mass is 348 g/mol. The summed E-state index contributed by atoms with van der Waals surface area (Å²) < 4.78 is 1.55. The van der Waals surface area contributed by atoms with E-state index in [-0.39, 0.29) is 22.8 Å². The zero-order valence-electron chi connectivity index (χ0n) is 14.5. The highest BCUT2D eigenvalue weighted by Crippen LogP contribution is 2.23. The van der Waals surface area contributed by atoms with Gasteiger partial charge in [-0.15, -0.1) is 5.10 Å². The molecule has 0 spiro atoms. The predicted octanol–water partition coefficient (Wildman–Crippen LogP) is 3.01. The average molecular weight is 348 g/mol. The lowest BCUT2D eigenvalue weighted by Gasteiger charge is -2.19. The summed E-state index contributed by atoms with van der Waals surface area (Å²) in [4.78, 5) is 23.7. The predicted molar refractivity (Wildman–Crippen MR) is 97.6 cm³/mol. The first-order valence-electron chi connectivity index (χ1n) is 7.99. The summed E-state index contributed by atoms with van der Waals surface area (Å²) in [5.74, 6) is 0.0803. The van der Waals surface area contributed by atoms with E-state index in [0.29, 0.717) is 11.7 Å². The van der Waals surface area contributed by atoms with Crippen molar-refractivity contribution in [3.8, 4) is 0 Å². The van der Waals surface area contributed by atoms with E-state index in [1.165, 1.54) is 17.3 Å². The third-order valence-corrected chi connectivity index (χ3v) is 4.51. The number of aromatic nitrogens is 3. The van der Waals surface area contributed by atoms with Crippen LogP contribution in [0.2, 0.25) is 0 Å². The van der Waals surface area contributed by atoms with Gasteiger partial charge in [-0.2, -0.15) is 0 Å². The molecule has 0 unspecified atom stereocenters. The van der Waals surface area contributed by atoms with E-state index in [2.05, 4.69) is 36.3 Å². The van der Waals surface area contributed by atoms with Crippen LogP contribution in [0.5, 0.6) is 0 Å². The number of hydrogen-bond acceptors (Lipinski definition) is 4. The fourth-order valence-corrected chi connectivity index (χ4v) is 2.99. The molecule has 1 amide bonds. The number of carbonyl (C=O) groups excluding carboxylic acids is 1. The lowest BCUT2D eigenvalue weighted by Crippen LogP contribution is -2.18. The minimum atomic E-state index is -0.238. The van der Waals surface area contributed by atoms with Crippen LogP contribution in [0.15, 0.2) is 34.2 Å². The first-order valence-corrected chi connectivity index (χ1v) is 8.98. The summed E-state index contributed by atoms with van der Waals surface area (Å²) in [6.45, 7) is 9.03. The van der Waals surface area contributed by atoms with E-state index in [1.54, 1.807) is 4.57 Å². The first kappa shape index (κ1) is 18.3. The van der Waals surface area contributed by atoms with E-state index in [0.717, 1.165) is 12.1 Å². The normalized spacial score (nSPS) is 11.5. The molecule has 2 N–H and O–H groups in total. The van der Waals surface area contributed by atoms with Crippen molar-refractivity contribution >= 4 is 23.4 Å². The van der Waals surface area contributed by atoms with Gasteiger partial charge < -0.3 is 5.32 Å². The lowest BCUT2D eigenvalue weighted by atomic mass is 9.87. The van der Waals surface area contributed by atoms with Crippen molar-refractivity contribution in [1.29, 1.82) is 0 Å². The molecule has 0 aliphatic carbocycles. The molecule has 0 bridgehead atoms. The Morgan fingerprint density at radius 3 is 2.54 bits per heavy atom. The summed E-state index contributed by atoms with van der Waals surface area (Å²) >= 11 is 1.25. The van der Waals surface area contributed by atoms with Crippen LogP contribution >= 0.6 is 11.8 Å². The fourth-order valence-electron chi connectivity index (χ4n) is 2.21. The van der Waals surface area contributed by atoms with E-state index < -0.39 is 0 Å². The van der Waals surface area contributed by atoms with Gasteiger partial charge in [0.05, 0.1) is 5.75 Å². The Hall–Kier alpha value is -2.02. The number of carbonyl (C=O) groups is 1. The van der Waals surface area contributed by atoms with Crippen molar-refractivity contribution in [2.45, 2.75) is 51.2 Å². The molecule has 0 saturated heterocycles. The van der Waals surface area contributed by atoms with Gasteiger partial charge in [0, 0.05) is 12.2 Å². The van der Waals surface area contributed by atoms with Gasteiger partial charge in [-0.1, -0.05) is 51.6 Å². The molecule has 130 valence electrons. The highest BCUT2D eigenvalue weighted by Gasteiger charge is 2.14. The molecular weight excluding hydrogens is 324 g/mol. The zero-order valence-corrected chi connectivity index (χ0v) is 15.4. The number of rotatable bonds is 6. The summed E-state index contributed by atoms with van der Waals surface area (Å²) in [6, 6.07) is 7.86. The third-order valence-electron chi connectivity index (χ3n) is 3.54. The Morgan fingerprint density at radius 1 is 1.29 bits per heavy atom. The van der Waals surface area contributed by atoms with Crippen molar-refractivity contribution in [2.75, 3.05) is 11.1 Å². The van der Waals surface area contributed by atoms with E-state index in [4.69, 9.17) is 0 Å². The molecule has 1 aromatic carbocycles. The Balaban J connectivity index is 1.93. The quantitative estimate of drug-likeness (QED) is 0.787. The molecule has 1 heterocycles. The largest absolute Gasteiger partial charge is 0.343 e. The van der Waals surface area contributed by atoms with Gasteiger partial charge in [0.1, 0.15) is 0 Å². The van der Waals surface area contributed by atoms with Gasteiger partial charge in [-0.3, -0.25) is 9.36 Å². The number of H-pyrrole nitrogens is 1. The molecule has 0 aliphatic rings. The maximum Gasteiger partial charge on any atom is 0.343 e. The van der Waals surface area contributed by atoms with E-state index >= 15 is 0 Å². The van der Waals surface area contributed by atoms with Crippen molar-refractivity contribution < 1.29 is 4.79 Å². The van der Waals surface area contributed by atoms with Crippen LogP contribution < -0.4 is 11.0 Å². The standard InChI is InChI=1S/C17H24N4O2S/c1-5-10-21-15(23)19-20-16(21)24-11-14(22)18-13-8-6-12(7-9-13)17(2,3)4/h6-9H,5,10-11H2,1-4H3,(H,18,22)(H,19,23). The van der Waals surface area contributed by atoms with Crippen LogP contribution in [0.1, 0.15) is 39.7 Å². The second kappa shape index (κ2) is 7.70. The van der Waals surface area contributed by atoms with Crippen LogP contribution in [-0.4, -0.2) is 26.4 Å². The smallest absolute Gasteiger partial charge is 0.325 e. The summed E-state index contributed by atoms with van der Waals surface area (Å²) in [6.07, 6.45) is 0.833. The highest BCUT2D eigenvalue weighted by atomic mass is 32.2. The van der Waals surface area contributed by atoms with E-state index in [9.17, 15) is 9.59 Å². The van der Waals surface area contributed by atoms with Crippen LogP contribution in [0.25, 0.3) is 0 Å². The number of thioether (sulfide) groups is 1. The van der Waals surface area contributed by atoms with Crippen LogP contribution in [-0.2, 0) is 16.8 Å². The van der Waals surface area contributed by atoms with Crippen LogP contribution in [0.3, 0.4) is 0 Å². The number of nitrogens with zero attached hydrogens (tertiary/aromatic N) is 2. The number of nitrogens with one attached hydrogen (secondary N) is 2. The van der Waals surface area contributed by atoms with Gasteiger partial charge in [0.15, 0.2) is 5.16 Å². The molecular formula is C17H24N4O2S. The molecule has 6 nitrogen and oxygen atoms in total. The molecule has 0 fully saturated rings. The maximum absolute atomic E-state index is 12.1. The second-order valence-electron chi connectivity index (χ2n) is 6.63. The molecule has 0 saturated carbocycles. The van der Waals surface area contributed by atoms with Crippen molar-refractivity contribution in [2.24, 2.45) is 0 Å². The highest BCUT2D eigenvalue weighted by molar-refractivity contribution is 7.99. The number of benzene rings is 1. The Morgan fingerprint density at radius 2 is 1.96 bits per heavy atom. The van der Waals surface area contributed by atoms with Crippen molar-refractivity contribution in [1.82, 2.24) is 14.8 Å². The fraction of sp³-hybridized carbons (Fsp3) is 0.471. The third kappa shape index (κ3) is 4.74. The maximum atomic E-state index is 12.1. The summed E-state index contributed by atoms with van der Waals surface area (Å²) in [5.41, 5.74) is 1.83. The van der Waals surface area contributed by atoms with Crippen molar-refractivity contribution in [3.63, 3.8) is 0 Å². The van der Waals surface area contributed by atoms with Gasteiger partial charge >= 0.3 is 5.69 Å². The summed E-state index contributed by atoms with van der Waals surface area (Å²) in [7, 11) is 0. The Kier molecular flexibility index (Phi) is 5.88. The number of anilines is 1. The minimum Gasteiger partial charge on any atom is -0.325 e. The molecule has 7 heteroatoms. The van der Waals surface area contributed by atoms with Gasteiger partial charge in [-0.25, -0.2) is 9.89 Å². The number of aromatic amines is 1. The van der Waals surface area contributed by atoms with Crippen molar-refractivity contribution in [3.05, 3.63) is 40.3 Å². The number of hydrogen-bond donors (Lipinski definition) is 2. The number of amides is 1. The SMILES string of the molecule is CCCn1c(SCC(=O)Nc2ccc(C(C)(C)C)cc2)n[nH]c1=O. The van der Waals surface area contributed by atoms with E-state index in [1.807, 2.05) is 31.2 Å². The summed E-state index contributed by atoms with van der Waals surface area (Å²) in [5, 5.41) is 9.79. The Labute approximate surface area is 146 Å². The average Bonchev–Trinajstić information content (AvgIpc) is 2.86. The lowest BCUT2D eigenvalue weighted by molar-refractivity contribution is -0.113. The molecule has 2 rings (SSSR count). The molecule has 2 aromatic rings. The Bertz CT molecular complexity index is 741. The first-order chi connectivity index (χ1) is 11.3. The molecule has 24 heavy (non-hydrogen) atoms. The molecule has 1 aromatic heterocycles. The van der Waals surface area contributed by atoms with Gasteiger partial charge in [-0.05, 0) is 29.5 Å². The molecule has 0 atom stereocenters. The zero-order chi connectivity index (χ0) is 17.7.